The van der Waals surface area contributed by atoms with Crippen molar-refractivity contribution in [2.75, 3.05) is 0 Å². The predicted molar refractivity (Wildman–Crippen MR) is 88.4 cm³/mol. The van der Waals surface area contributed by atoms with E-state index in [9.17, 15) is 26.4 Å². The SMILES string of the molecule is CC(C)(C)C1=C[C@H]2OC(=O)C3(CCCCC3)[C@@H]([C@@H]1F)N2S(=O)(=O)C(F)(F)F. The minimum Gasteiger partial charge on any atom is -0.441 e. The summed E-state index contributed by atoms with van der Waals surface area (Å²) in [6.45, 7) is 5.05. The van der Waals surface area contributed by atoms with Gasteiger partial charge in [0.2, 0.25) is 0 Å². The maximum Gasteiger partial charge on any atom is 0.511 e. The van der Waals surface area contributed by atoms with Crippen molar-refractivity contribution >= 4 is 16.0 Å². The smallest absolute Gasteiger partial charge is 0.441 e. The molecule has 3 rings (SSSR count). The van der Waals surface area contributed by atoms with Crippen LogP contribution in [-0.4, -0.2) is 42.6 Å². The van der Waals surface area contributed by atoms with Gasteiger partial charge in [-0.3, -0.25) is 4.79 Å². The number of fused-ring (bicyclic) bond motifs is 3. The summed E-state index contributed by atoms with van der Waals surface area (Å²) in [5.74, 6) is -0.808. The van der Waals surface area contributed by atoms with E-state index in [1.807, 2.05) is 0 Å². The highest BCUT2D eigenvalue weighted by Crippen LogP contribution is 2.54. The Balaban J connectivity index is 2.23. The highest BCUT2D eigenvalue weighted by atomic mass is 32.2. The lowest BCUT2D eigenvalue weighted by molar-refractivity contribution is -0.197. The molecule has 3 aliphatic rings. The van der Waals surface area contributed by atoms with Crippen LogP contribution in [0.1, 0.15) is 52.9 Å². The zero-order valence-electron chi connectivity index (χ0n) is 15.3. The number of esters is 1. The number of carbonyl (C=O) groups excluding carboxylic acids is 1. The van der Waals surface area contributed by atoms with Crippen LogP contribution >= 0.6 is 0 Å². The predicted octanol–water partition coefficient (Wildman–Crippen LogP) is 3.66. The highest BCUT2D eigenvalue weighted by molar-refractivity contribution is 7.90. The third-order valence-corrected chi connectivity index (χ3v) is 7.38. The van der Waals surface area contributed by atoms with Gasteiger partial charge in [0.1, 0.15) is 6.17 Å². The van der Waals surface area contributed by atoms with Crippen molar-refractivity contribution in [2.24, 2.45) is 10.8 Å². The van der Waals surface area contributed by atoms with Gasteiger partial charge in [-0.2, -0.15) is 13.2 Å². The van der Waals surface area contributed by atoms with E-state index in [-0.39, 0.29) is 22.7 Å². The summed E-state index contributed by atoms with van der Waals surface area (Å²) in [7, 11) is -5.89. The molecule has 10 heteroatoms. The molecule has 1 spiro atoms. The second-order valence-electron chi connectivity index (χ2n) is 8.51. The molecule has 2 heterocycles. The first-order chi connectivity index (χ1) is 12.2. The second kappa shape index (κ2) is 6.17. The van der Waals surface area contributed by atoms with Gasteiger partial charge in [0.25, 0.3) is 0 Å². The minimum absolute atomic E-state index is 0.0552. The fraction of sp³-hybridized carbons (Fsp3) is 0.824. The van der Waals surface area contributed by atoms with Crippen LogP contribution in [-0.2, 0) is 19.6 Å². The van der Waals surface area contributed by atoms with Crippen molar-refractivity contribution in [1.29, 1.82) is 0 Å². The van der Waals surface area contributed by atoms with Gasteiger partial charge in [-0.1, -0.05) is 40.0 Å². The van der Waals surface area contributed by atoms with Crippen molar-refractivity contribution in [1.82, 2.24) is 4.31 Å². The van der Waals surface area contributed by atoms with Crippen molar-refractivity contribution in [2.45, 2.75) is 76.8 Å². The largest absolute Gasteiger partial charge is 0.511 e. The average molecular weight is 413 g/mol. The molecule has 27 heavy (non-hydrogen) atoms. The maximum atomic E-state index is 15.6. The molecule has 0 aromatic carbocycles. The number of alkyl halides is 4. The van der Waals surface area contributed by atoms with E-state index in [2.05, 4.69) is 0 Å². The first-order valence-corrected chi connectivity index (χ1v) is 10.3. The van der Waals surface area contributed by atoms with Gasteiger partial charge < -0.3 is 4.74 Å². The van der Waals surface area contributed by atoms with Crippen molar-refractivity contribution < 1.29 is 35.5 Å². The first-order valence-electron chi connectivity index (χ1n) is 8.91. The van der Waals surface area contributed by atoms with Crippen LogP contribution in [0, 0.1) is 10.8 Å². The lowest BCUT2D eigenvalue weighted by Crippen LogP contribution is -2.70. The van der Waals surface area contributed by atoms with Gasteiger partial charge in [0.15, 0.2) is 6.23 Å². The highest BCUT2D eigenvalue weighted by Gasteiger charge is 2.68. The molecule has 0 radical (unpaired) electrons. The summed E-state index contributed by atoms with van der Waals surface area (Å²) in [5, 5.41) is 0. The van der Waals surface area contributed by atoms with E-state index in [4.69, 9.17) is 4.74 Å². The molecular formula is C17H23F4NO4S. The zero-order chi connectivity index (χ0) is 20.4. The molecule has 2 fully saturated rings. The number of carbonyl (C=O) groups is 1. The average Bonchev–Trinajstić information content (AvgIpc) is 2.53. The van der Waals surface area contributed by atoms with Crippen molar-refractivity contribution in [3.63, 3.8) is 0 Å². The van der Waals surface area contributed by atoms with Gasteiger partial charge in [-0.25, -0.2) is 12.8 Å². The third-order valence-electron chi connectivity index (χ3n) is 5.80. The van der Waals surface area contributed by atoms with E-state index >= 15 is 4.39 Å². The zero-order valence-corrected chi connectivity index (χ0v) is 16.2. The molecular weight excluding hydrogens is 390 g/mol. The quantitative estimate of drug-likeness (QED) is 0.374. The topological polar surface area (TPSA) is 63.7 Å². The summed E-state index contributed by atoms with van der Waals surface area (Å²) in [4.78, 5) is 12.7. The Bertz CT molecular complexity index is 763. The Kier molecular flexibility index (Phi) is 4.70. The van der Waals surface area contributed by atoms with Crippen LogP contribution in [0.5, 0.6) is 0 Å². The van der Waals surface area contributed by atoms with Crippen LogP contribution in [0.2, 0.25) is 0 Å². The molecule has 1 saturated carbocycles. The van der Waals surface area contributed by atoms with E-state index in [1.54, 1.807) is 20.8 Å². The van der Waals surface area contributed by atoms with Gasteiger partial charge in [-0.15, -0.1) is 4.31 Å². The molecule has 154 valence electrons. The van der Waals surface area contributed by atoms with E-state index < -0.39 is 50.8 Å². The fourth-order valence-electron chi connectivity index (χ4n) is 4.49. The first kappa shape index (κ1) is 20.6. The summed E-state index contributed by atoms with van der Waals surface area (Å²) >= 11 is 0. The van der Waals surface area contributed by atoms with Crippen LogP contribution < -0.4 is 0 Å². The van der Waals surface area contributed by atoms with Gasteiger partial charge in [0.05, 0.1) is 11.5 Å². The molecule has 0 unspecified atom stereocenters. The Morgan fingerprint density at radius 3 is 2.19 bits per heavy atom. The molecule has 0 aromatic rings. The minimum atomic E-state index is -5.89. The lowest BCUT2D eigenvalue weighted by atomic mass is 9.63. The third kappa shape index (κ3) is 2.99. The second-order valence-corrected chi connectivity index (χ2v) is 10.3. The number of hydrogen-bond acceptors (Lipinski definition) is 4. The van der Waals surface area contributed by atoms with Crippen molar-refractivity contribution in [3.05, 3.63) is 11.6 Å². The molecule has 5 nitrogen and oxygen atoms in total. The molecule has 1 saturated heterocycles. The molecule has 0 amide bonds. The summed E-state index contributed by atoms with van der Waals surface area (Å²) in [6, 6.07) is -1.75. The van der Waals surface area contributed by atoms with Crippen LogP contribution in [0.4, 0.5) is 17.6 Å². The number of sulfonamides is 1. The number of halogens is 4. The summed E-state index contributed by atoms with van der Waals surface area (Å²) in [6.07, 6.45) is -0.855. The summed E-state index contributed by atoms with van der Waals surface area (Å²) in [5.41, 5.74) is -7.82. The van der Waals surface area contributed by atoms with Gasteiger partial charge in [-0.05, 0) is 29.9 Å². The van der Waals surface area contributed by atoms with Crippen LogP contribution in [0.3, 0.4) is 0 Å². The normalized spacial score (nSPS) is 32.2. The molecule has 0 N–H and O–H groups in total. The maximum absolute atomic E-state index is 15.6. The van der Waals surface area contributed by atoms with E-state index in [0.29, 0.717) is 12.8 Å². The number of rotatable bonds is 1. The summed E-state index contributed by atoms with van der Waals surface area (Å²) < 4.78 is 85.4. The Hall–Kier alpha value is -1.16. The molecule has 2 bridgehead atoms. The molecule has 3 atom stereocenters. The number of ether oxygens (including phenoxy) is 1. The number of hydrogen-bond donors (Lipinski definition) is 0. The lowest BCUT2D eigenvalue weighted by Gasteiger charge is -2.55. The van der Waals surface area contributed by atoms with Gasteiger partial charge in [0, 0.05) is 0 Å². The molecule has 1 aliphatic carbocycles. The fourth-order valence-corrected chi connectivity index (χ4v) is 5.71. The molecule has 2 aliphatic heterocycles. The Labute approximate surface area is 155 Å². The van der Waals surface area contributed by atoms with E-state index in [0.717, 1.165) is 12.5 Å². The van der Waals surface area contributed by atoms with Crippen LogP contribution in [0.15, 0.2) is 11.6 Å². The Morgan fingerprint density at radius 1 is 1.15 bits per heavy atom. The van der Waals surface area contributed by atoms with Crippen molar-refractivity contribution in [3.8, 4) is 0 Å². The monoisotopic (exact) mass is 413 g/mol. The Morgan fingerprint density at radius 2 is 1.70 bits per heavy atom. The van der Waals surface area contributed by atoms with Gasteiger partial charge >= 0.3 is 21.5 Å². The molecule has 0 aromatic heterocycles. The van der Waals surface area contributed by atoms with Crippen LogP contribution in [0.25, 0.3) is 0 Å². The standard InChI is InChI=1S/C17H23F4NO4S/c1-15(2,3)10-9-11-22(27(24,25)17(19,20)21)13(12(10)18)16(14(23)26-11)7-5-4-6-8-16/h9,11-13H,4-8H2,1-3H3/t11-,12-,13-/m1/s1. The number of nitrogens with zero attached hydrogens (tertiary/aromatic N) is 1. The van der Waals surface area contributed by atoms with E-state index in [1.165, 1.54) is 0 Å².